The number of ether oxygens (including phenoxy) is 1. The van der Waals surface area contributed by atoms with E-state index in [0.29, 0.717) is 11.0 Å². The van der Waals surface area contributed by atoms with Crippen molar-refractivity contribution in [3.8, 4) is 5.75 Å². The summed E-state index contributed by atoms with van der Waals surface area (Å²) in [6, 6.07) is 17.6. The third-order valence-corrected chi connectivity index (χ3v) is 6.26. The molecule has 0 radical (unpaired) electrons. The van der Waals surface area contributed by atoms with Crippen LogP contribution in [0, 0.1) is 0 Å². The maximum Gasteiger partial charge on any atom is 0.226 e. The van der Waals surface area contributed by atoms with Crippen LogP contribution in [-0.2, 0) is 0 Å². The van der Waals surface area contributed by atoms with Gasteiger partial charge in [0.2, 0.25) is 5.95 Å². The van der Waals surface area contributed by atoms with Crippen LogP contribution in [0.25, 0.3) is 5.70 Å². The monoisotopic (exact) mass is 491 g/mol. The molecule has 4 aromatic rings. The minimum absolute atomic E-state index is 0.237. The van der Waals surface area contributed by atoms with E-state index in [0.717, 1.165) is 38.2 Å². The summed E-state index contributed by atoms with van der Waals surface area (Å²) >= 11 is 9.95. The fourth-order valence-electron chi connectivity index (χ4n) is 4.24. The van der Waals surface area contributed by atoms with Gasteiger partial charge in [-0.1, -0.05) is 45.7 Å². The van der Waals surface area contributed by atoms with Crippen LogP contribution in [0.3, 0.4) is 0 Å². The van der Waals surface area contributed by atoms with E-state index < -0.39 is 0 Å². The van der Waals surface area contributed by atoms with Gasteiger partial charge >= 0.3 is 0 Å². The number of benzene rings is 2. The molecule has 6 rings (SSSR count). The second-order valence-corrected chi connectivity index (χ2v) is 8.72. The molecule has 6 nitrogen and oxygen atoms in total. The Balaban J connectivity index is 1.65. The SMILES string of the molecule is Clc1ccc2c(c1)C1=C([C@H](c3cccnc3)n3ncnc3N1)[C@@H](c1cccc(Br)c1)O2. The van der Waals surface area contributed by atoms with E-state index in [4.69, 9.17) is 16.3 Å². The second-order valence-electron chi connectivity index (χ2n) is 7.37. The summed E-state index contributed by atoms with van der Waals surface area (Å²) in [7, 11) is 0. The molecule has 152 valence electrons. The van der Waals surface area contributed by atoms with Crippen LogP contribution in [0.1, 0.15) is 28.8 Å². The molecule has 8 heteroatoms. The van der Waals surface area contributed by atoms with Gasteiger partial charge in [0, 0.05) is 33.0 Å². The van der Waals surface area contributed by atoms with Gasteiger partial charge in [-0.05, 0) is 47.5 Å². The smallest absolute Gasteiger partial charge is 0.226 e. The predicted molar refractivity (Wildman–Crippen MR) is 122 cm³/mol. The minimum Gasteiger partial charge on any atom is -0.480 e. The highest BCUT2D eigenvalue weighted by Gasteiger charge is 2.41. The maximum atomic E-state index is 6.58. The molecule has 0 fully saturated rings. The van der Waals surface area contributed by atoms with E-state index in [1.54, 1.807) is 12.5 Å². The number of nitrogens with zero attached hydrogens (tertiary/aromatic N) is 4. The minimum atomic E-state index is -0.337. The van der Waals surface area contributed by atoms with E-state index in [-0.39, 0.29) is 12.1 Å². The summed E-state index contributed by atoms with van der Waals surface area (Å²) in [5.74, 6) is 1.42. The Morgan fingerprint density at radius 1 is 1.06 bits per heavy atom. The van der Waals surface area contributed by atoms with Crippen LogP contribution < -0.4 is 10.1 Å². The lowest BCUT2D eigenvalue weighted by atomic mass is 9.85. The molecule has 0 saturated heterocycles. The molecule has 0 bridgehead atoms. The lowest BCUT2D eigenvalue weighted by molar-refractivity contribution is 0.223. The van der Waals surface area contributed by atoms with Crippen LogP contribution in [0.4, 0.5) is 5.95 Å². The van der Waals surface area contributed by atoms with Crippen molar-refractivity contribution in [1.29, 1.82) is 0 Å². The molecule has 2 aliphatic heterocycles. The molecule has 4 heterocycles. The Labute approximate surface area is 191 Å². The van der Waals surface area contributed by atoms with Gasteiger partial charge in [-0.15, -0.1) is 0 Å². The van der Waals surface area contributed by atoms with Crippen LogP contribution in [0.2, 0.25) is 5.02 Å². The molecule has 0 saturated carbocycles. The summed E-state index contributed by atoms with van der Waals surface area (Å²) in [6.07, 6.45) is 4.84. The van der Waals surface area contributed by atoms with Crippen molar-refractivity contribution in [1.82, 2.24) is 19.7 Å². The lowest BCUT2D eigenvalue weighted by Gasteiger charge is -2.38. The zero-order chi connectivity index (χ0) is 20.9. The number of nitrogens with one attached hydrogen (secondary N) is 1. The van der Waals surface area contributed by atoms with Crippen LogP contribution in [0.15, 0.2) is 83.4 Å². The van der Waals surface area contributed by atoms with Gasteiger partial charge in [-0.3, -0.25) is 4.98 Å². The molecular weight excluding hydrogens is 478 g/mol. The Morgan fingerprint density at radius 2 is 1.97 bits per heavy atom. The van der Waals surface area contributed by atoms with Gasteiger partial charge in [-0.2, -0.15) is 10.1 Å². The second kappa shape index (κ2) is 7.21. The highest BCUT2D eigenvalue weighted by molar-refractivity contribution is 9.10. The molecule has 0 unspecified atom stereocenters. The van der Waals surface area contributed by atoms with E-state index >= 15 is 0 Å². The zero-order valence-corrected chi connectivity index (χ0v) is 18.4. The van der Waals surface area contributed by atoms with Gasteiger partial charge < -0.3 is 10.1 Å². The number of pyridine rings is 1. The third-order valence-electron chi connectivity index (χ3n) is 5.53. The van der Waals surface area contributed by atoms with E-state index in [1.165, 1.54) is 0 Å². The van der Waals surface area contributed by atoms with Crippen molar-refractivity contribution in [2.24, 2.45) is 0 Å². The van der Waals surface area contributed by atoms with Crippen molar-refractivity contribution in [3.63, 3.8) is 0 Å². The first-order valence-electron chi connectivity index (χ1n) is 9.71. The number of aromatic nitrogens is 4. The molecule has 2 aromatic heterocycles. The normalized spacial score (nSPS) is 19.0. The van der Waals surface area contributed by atoms with Gasteiger partial charge in [0.15, 0.2) is 0 Å². The summed E-state index contributed by atoms with van der Waals surface area (Å²) < 4.78 is 9.44. The fraction of sp³-hybridized carbons (Fsp3) is 0.0870. The van der Waals surface area contributed by atoms with E-state index in [9.17, 15) is 0 Å². The predicted octanol–water partition coefficient (Wildman–Crippen LogP) is 5.65. The standard InChI is InChI=1S/C23H15BrClN5O/c24-15-5-1-3-13(9-15)22-19-20(17-10-16(25)6-7-18(17)31-22)29-23-27-12-28-30(23)21(19)14-4-2-8-26-11-14/h1-12,21-22H,(H,27,28,29)/t21-,22+/m0/s1. The van der Waals surface area contributed by atoms with Gasteiger partial charge in [0.1, 0.15) is 24.2 Å². The maximum absolute atomic E-state index is 6.58. The quantitative estimate of drug-likeness (QED) is 0.392. The van der Waals surface area contributed by atoms with E-state index in [1.807, 2.05) is 53.3 Å². The lowest BCUT2D eigenvalue weighted by Crippen LogP contribution is -2.32. The first-order chi connectivity index (χ1) is 15.2. The molecular formula is C23H15BrClN5O. The summed E-state index contributed by atoms with van der Waals surface area (Å²) in [5, 5.41) is 8.63. The number of hydrogen-bond donors (Lipinski definition) is 1. The van der Waals surface area contributed by atoms with E-state index in [2.05, 4.69) is 48.4 Å². The molecule has 0 amide bonds. The van der Waals surface area contributed by atoms with Crippen molar-refractivity contribution in [3.05, 3.63) is 105 Å². The van der Waals surface area contributed by atoms with Gasteiger partial charge in [0.05, 0.1) is 5.70 Å². The third kappa shape index (κ3) is 3.04. The zero-order valence-electron chi connectivity index (χ0n) is 16.0. The highest BCUT2D eigenvalue weighted by atomic mass is 79.9. The van der Waals surface area contributed by atoms with Gasteiger partial charge in [-0.25, -0.2) is 4.68 Å². The first kappa shape index (κ1) is 18.6. The van der Waals surface area contributed by atoms with Crippen LogP contribution in [0.5, 0.6) is 5.75 Å². The molecule has 2 aromatic carbocycles. The van der Waals surface area contributed by atoms with Crippen molar-refractivity contribution >= 4 is 39.2 Å². The fourth-order valence-corrected chi connectivity index (χ4v) is 4.83. The number of rotatable bonds is 2. The molecule has 31 heavy (non-hydrogen) atoms. The Kier molecular flexibility index (Phi) is 4.33. The van der Waals surface area contributed by atoms with Crippen LogP contribution >= 0.6 is 27.5 Å². The topological polar surface area (TPSA) is 64.9 Å². The summed E-state index contributed by atoms with van der Waals surface area (Å²) in [6.45, 7) is 0. The van der Waals surface area contributed by atoms with Crippen LogP contribution in [-0.4, -0.2) is 19.7 Å². The highest BCUT2D eigenvalue weighted by Crippen LogP contribution is 2.51. The average molecular weight is 493 g/mol. The molecule has 2 aliphatic rings. The Hall–Kier alpha value is -3.16. The average Bonchev–Trinajstić information content (AvgIpc) is 3.26. The Morgan fingerprint density at radius 3 is 2.81 bits per heavy atom. The summed E-state index contributed by atoms with van der Waals surface area (Å²) in [5.41, 5.74) is 4.89. The molecule has 1 N–H and O–H groups in total. The van der Waals surface area contributed by atoms with Gasteiger partial charge in [0.25, 0.3) is 0 Å². The largest absolute Gasteiger partial charge is 0.480 e. The number of anilines is 1. The first-order valence-corrected chi connectivity index (χ1v) is 10.9. The molecule has 0 aliphatic carbocycles. The van der Waals surface area contributed by atoms with Crippen molar-refractivity contribution in [2.45, 2.75) is 12.1 Å². The Bertz CT molecular complexity index is 1340. The molecule has 0 spiro atoms. The van der Waals surface area contributed by atoms with Crippen molar-refractivity contribution < 1.29 is 4.74 Å². The number of halogens is 2. The number of fused-ring (bicyclic) bond motifs is 3. The number of hydrogen-bond acceptors (Lipinski definition) is 5. The van der Waals surface area contributed by atoms with Crippen molar-refractivity contribution in [2.75, 3.05) is 5.32 Å². The summed E-state index contributed by atoms with van der Waals surface area (Å²) in [4.78, 5) is 8.79. The molecule has 2 atom stereocenters.